The molecule has 0 saturated heterocycles. The molecule has 0 amide bonds. The molecule has 2 N–H and O–H groups in total. The smallest absolute Gasteiger partial charge is 0.339 e. The molecule has 0 aliphatic heterocycles. The molecule has 0 aromatic heterocycles. The van der Waals surface area contributed by atoms with Crippen molar-refractivity contribution in [1.82, 2.24) is 0 Å². The zero-order valence-corrected chi connectivity index (χ0v) is 7.48. The summed E-state index contributed by atoms with van der Waals surface area (Å²) in [5.74, 6) is -2.06. The zero-order chi connectivity index (χ0) is 9.65. The van der Waals surface area contributed by atoms with E-state index in [9.17, 15) is 4.79 Å². The lowest BCUT2D eigenvalue weighted by Gasteiger charge is -2.02. The molecule has 11 heavy (non-hydrogen) atoms. The first-order valence-corrected chi connectivity index (χ1v) is 3.24. The van der Waals surface area contributed by atoms with Crippen LogP contribution in [0, 0.1) is 0 Å². The third-order valence-electron chi connectivity index (χ3n) is 0.376. The molecule has 0 bridgehead atoms. The first-order chi connectivity index (χ1) is 4.68. The van der Waals surface area contributed by atoms with Gasteiger partial charge in [0.25, 0.3) is 5.97 Å². The maximum atomic E-state index is 9.76. The Morgan fingerprint density at radius 2 is 1.36 bits per heavy atom. The van der Waals surface area contributed by atoms with Crippen LogP contribution in [0.1, 0.15) is 13.8 Å². The summed E-state index contributed by atoms with van der Waals surface area (Å²) in [6.45, 7) is 2.28. The van der Waals surface area contributed by atoms with Gasteiger partial charge in [0.2, 0.25) is 4.33 Å². The Hall–Kier alpha value is -0.480. The average Bonchev–Trinajstić information content (AvgIpc) is 1.59. The van der Waals surface area contributed by atoms with Gasteiger partial charge in [0.05, 0.1) is 0 Å². The minimum Gasteiger partial charge on any atom is -0.481 e. The summed E-state index contributed by atoms with van der Waals surface area (Å²) in [5.41, 5.74) is 0. The highest BCUT2D eigenvalue weighted by atomic mass is 35.5. The molecule has 0 aromatic rings. The van der Waals surface area contributed by atoms with Gasteiger partial charge in [-0.3, -0.25) is 4.79 Å². The maximum absolute atomic E-state index is 9.76. The largest absolute Gasteiger partial charge is 0.481 e. The molecule has 0 spiro atoms. The highest BCUT2D eigenvalue weighted by Crippen LogP contribution is 2.18. The second-order valence-electron chi connectivity index (χ2n) is 1.71. The van der Waals surface area contributed by atoms with E-state index in [4.69, 9.17) is 38.2 Å². The molecule has 0 atom stereocenters. The van der Waals surface area contributed by atoms with Gasteiger partial charge in [-0.05, 0) is 6.92 Å². The van der Waals surface area contributed by atoms with Crippen molar-refractivity contribution in [2.24, 2.45) is 0 Å². The Balaban J connectivity index is 0. The van der Waals surface area contributed by atoms with E-state index in [2.05, 4.69) is 0 Å². The Morgan fingerprint density at radius 3 is 1.36 bits per heavy atom. The van der Waals surface area contributed by atoms with Crippen LogP contribution in [0.25, 0.3) is 0 Å². The third-order valence-corrected chi connectivity index (χ3v) is 0.699. The highest BCUT2D eigenvalue weighted by molar-refractivity contribution is 6.56. The lowest BCUT2D eigenvalue weighted by molar-refractivity contribution is -0.137. The molecule has 4 nitrogen and oxygen atoms in total. The molecule has 0 radical (unpaired) electrons. The van der Waals surface area contributed by atoms with Crippen molar-refractivity contribution in [3.63, 3.8) is 0 Å². The lowest BCUT2D eigenvalue weighted by Crippen LogP contribution is -2.19. The van der Waals surface area contributed by atoms with Crippen LogP contribution in [-0.4, -0.2) is 26.5 Å². The summed E-state index contributed by atoms with van der Waals surface area (Å²) in [6.07, 6.45) is 0. The van der Waals surface area contributed by atoms with E-state index in [1.165, 1.54) is 6.92 Å². The SMILES string of the molecule is CC(=O)O.CC(Cl)(Cl)C(=O)O. The third kappa shape index (κ3) is 17.7. The maximum Gasteiger partial charge on any atom is 0.339 e. The average molecular weight is 203 g/mol. The molecule has 0 unspecified atom stereocenters. The predicted molar refractivity (Wildman–Crippen MR) is 41.1 cm³/mol. The number of carbonyl (C=O) groups is 2. The number of hydrogen-bond acceptors (Lipinski definition) is 2. The number of carboxylic acids is 2. The Kier molecular flexibility index (Phi) is 6.22. The molecule has 0 heterocycles. The minimum atomic E-state index is -1.64. The van der Waals surface area contributed by atoms with Gasteiger partial charge in [-0.1, -0.05) is 23.2 Å². The van der Waals surface area contributed by atoms with Crippen LogP contribution in [0.15, 0.2) is 0 Å². The van der Waals surface area contributed by atoms with Gasteiger partial charge in [0, 0.05) is 6.92 Å². The summed E-state index contributed by atoms with van der Waals surface area (Å²) in [7, 11) is 0. The van der Waals surface area contributed by atoms with Crippen LogP contribution in [0.3, 0.4) is 0 Å². The van der Waals surface area contributed by atoms with Crippen LogP contribution in [0.2, 0.25) is 0 Å². The summed E-state index contributed by atoms with van der Waals surface area (Å²) < 4.78 is -1.64. The molecule has 0 fully saturated rings. The van der Waals surface area contributed by atoms with E-state index in [-0.39, 0.29) is 0 Å². The van der Waals surface area contributed by atoms with Crippen molar-refractivity contribution in [2.75, 3.05) is 0 Å². The number of aliphatic carboxylic acids is 2. The molecule has 0 rings (SSSR count). The Labute approximate surface area is 73.7 Å². The molecule has 0 aliphatic carbocycles. The quantitative estimate of drug-likeness (QED) is 0.630. The number of hydrogen-bond donors (Lipinski definition) is 2. The first-order valence-electron chi connectivity index (χ1n) is 2.48. The lowest BCUT2D eigenvalue weighted by atomic mass is 10.5. The Morgan fingerprint density at radius 1 is 1.27 bits per heavy atom. The molecule has 6 heteroatoms. The fourth-order valence-corrected chi connectivity index (χ4v) is 0. The van der Waals surface area contributed by atoms with E-state index in [0.717, 1.165) is 6.92 Å². The summed E-state index contributed by atoms with van der Waals surface area (Å²) in [6, 6.07) is 0. The van der Waals surface area contributed by atoms with Crippen molar-refractivity contribution in [3.8, 4) is 0 Å². The van der Waals surface area contributed by atoms with Crippen LogP contribution < -0.4 is 0 Å². The monoisotopic (exact) mass is 202 g/mol. The van der Waals surface area contributed by atoms with E-state index in [0.29, 0.717) is 0 Å². The van der Waals surface area contributed by atoms with E-state index >= 15 is 0 Å². The number of carboxylic acid groups (broad SMARTS) is 2. The van der Waals surface area contributed by atoms with Crippen molar-refractivity contribution in [1.29, 1.82) is 0 Å². The van der Waals surface area contributed by atoms with Gasteiger partial charge in [0.15, 0.2) is 0 Å². The summed E-state index contributed by atoms with van der Waals surface area (Å²) in [5, 5.41) is 15.4. The number of halogens is 2. The van der Waals surface area contributed by atoms with Gasteiger partial charge in [-0.2, -0.15) is 0 Å². The molecule has 0 saturated carbocycles. The van der Waals surface area contributed by atoms with Crippen LogP contribution >= 0.6 is 23.2 Å². The first kappa shape index (κ1) is 13.1. The standard InChI is InChI=1S/C3H4Cl2O2.C2H4O2/c1-3(4,5)2(6)7;1-2(3)4/h1H3,(H,6,7);1H3,(H,3,4). The van der Waals surface area contributed by atoms with Crippen molar-refractivity contribution in [3.05, 3.63) is 0 Å². The van der Waals surface area contributed by atoms with Crippen LogP contribution in [0.5, 0.6) is 0 Å². The second kappa shape index (κ2) is 5.21. The van der Waals surface area contributed by atoms with Gasteiger partial charge in [-0.15, -0.1) is 0 Å². The van der Waals surface area contributed by atoms with E-state index in [1.54, 1.807) is 0 Å². The van der Waals surface area contributed by atoms with E-state index < -0.39 is 16.3 Å². The van der Waals surface area contributed by atoms with E-state index in [1.807, 2.05) is 0 Å². The Bertz CT molecular complexity index is 145. The minimum absolute atomic E-state index is 0.833. The van der Waals surface area contributed by atoms with Crippen molar-refractivity contribution in [2.45, 2.75) is 18.2 Å². The number of alkyl halides is 2. The van der Waals surface area contributed by atoms with Crippen LogP contribution in [-0.2, 0) is 9.59 Å². The number of rotatable bonds is 1. The molecule has 66 valence electrons. The normalized spacial score (nSPS) is 9.45. The summed E-state index contributed by atoms with van der Waals surface area (Å²) >= 11 is 10.1. The van der Waals surface area contributed by atoms with Crippen LogP contribution in [0.4, 0.5) is 0 Å². The molecular weight excluding hydrogens is 195 g/mol. The fraction of sp³-hybridized carbons (Fsp3) is 0.600. The van der Waals surface area contributed by atoms with Crippen molar-refractivity contribution < 1.29 is 19.8 Å². The summed E-state index contributed by atoms with van der Waals surface area (Å²) in [4.78, 5) is 18.8. The van der Waals surface area contributed by atoms with Gasteiger partial charge < -0.3 is 10.2 Å². The van der Waals surface area contributed by atoms with Gasteiger partial charge in [-0.25, -0.2) is 4.79 Å². The second-order valence-corrected chi connectivity index (χ2v) is 3.42. The van der Waals surface area contributed by atoms with Gasteiger partial charge in [0.1, 0.15) is 0 Å². The molecule has 0 aliphatic rings. The van der Waals surface area contributed by atoms with Crippen molar-refractivity contribution >= 4 is 35.1 Å². The zero-order valence-electron chi connectivity index (χ0n) is 5.97. The topological polar surface area (TPSA) is 74.6 Å². The van der Waals surface area contributed by atoms with Gasteiger partial charge >= 0.3 is 5.97 Å². The highest BCUT2D eigenvalue weighted by Gasteiger charge is 2.25. The molecular formula is C5H8Cl2O4. The fourth-order valence-electron chi connectivity index (χ4n) is 0. The molecule has 0 aromatic carbocycles. The predicted octanol–water partition coefficient (Wildman–Crippen LogP) is 1.36.